The Kier molecular flexibility index (Phi) is 7.76. The average Bonchev–Trinajstić information content (AvgIpc) is 2.41. The normalized spacial score (nSPS) is 16.3. The third-order valence-electron chi connectivity index (χ3n) is 3.65. The predicted octanol–water partition coefficient (Wildman–Crippen LogP) is 3.63. The molecule has 1 aliphatic carbocycles. The van der Waals surface area contributed by atoms with Gasteiger partial charge in [0.15, 0.2) is 0 Å². The average molecular weight is 262 g/mol. The van der Waals surface area contributed by atoms with E-state index in [-0.39, 0.29) is 0 Å². The van der Waals surface area contributed by atoms with E-state index in [0.717, 1.165) is 12.6 Å². The van der Waals surface area contributed by atoms with Gasteiger partial charge in [-0.2, -0.15) is 0 Å². The van der Waals surface area contributed by atoms with Crippen LogP contribution in [0.15, 0.2) is 30.3 Å². The summed E-state index contributed by atoms with van der Waals surface area (Å²) in [5.41, 5.74) is 1.37. The zero-order valence-electron chi connectivity index (χ0n) is 13.1. The van der Waals surface area contributed by atoms with Gasteiger partial charge in [0.05, 0.1) is 0 Å². The summed E-state index contributed by atoms with van der Waals surface area (Å²) in [6.45, 7) is 1.03. The molecule has 1 aliphatic rings. The maximum absolute atomic E-state index is 2.36. The Morgan fingerprint density at radius 2 is 1.47 bits per heavy atom. The zero-order chi connectivity index (χ0) is 14.1. The fourth-order valence-electron chi connectivity index (χ4n) is 2.55. The van der Waals surface area contributed by atoms with Crippen LogP contribution < -0.4 is 0 Å². The highest BCUT2D eigenvalue weighted by molar-refractivity contribution is 5.14. The van der Waals surface area contributed by atoms with Gasteiger partial charge in [0.25, 0.3) is 0 Å². The van der Waals surface area contributed by atoms with Crippen molar-refractivity contribution in [3.05, 3.63) is 35.9 Å². The van der Waals surface area contributed by atoms with E-state index < -0.39 is 0 Å². The smallest absolute Gasteiger partial charge is 0.0227 e. The first-order valence-corrected chi connectivity index (χ1v) is 7.44. The quantitative estimate of drug-likeness (QED) is 0.821. The Morgan fingerprint density at radius 1 is 0.895 bits per heavy atom. The number of rotatable bonds is 3. The van der Waals surface area contributed by atoms with Gasteiger partial charge in [-0.15, -0.1) is 0 Å². The maximum atomic E-state index is 2.36. The molecule has 0 spiro atoms. The molecule has 1 aromatic carbocycles. The molecule has 1 aromatic rings. The minimum absolute atomic E-state index is 0.888. The Hall–Kier alpha value is -0.860. The number of nitrogens with zero attached hydrogens (tertiary/aromatic N) is 2. The van der Waals surface area contributed by atoms with Gasteiger partial charge in [0.2, 0.25) is 0 Å². The molecule has 1 saturated carbocycles. The van der Waals surface area contributed by atoms with Gasteiger partial charge in [0, 0.05) is 12.6 Å². The summed E-state index contributed by atoms with van der Waals surface area (Å²) >= 11 is 0. The van der Waals surface area contributed by atoms with Crippen LogP contribution in [0.1, 0.15) is 37.7 Å². The van der Waals surface area contributed by atoms with Crippen molar-refractivity contribution in [2.24, 2.45) is 0 Å². The number of benzene rings is 1. The molecule has 0 saturated heterocycles. The SMILES string of the molecule is CN(C)C1CCCCC1.CN(C)Cc1ccccc1. The molecule has 0 aliphatic heterocycles. The molecular weight excluding hydrogens is 232 g/mol. The lowest BCUT2D eigenvalue weighted by Crippen LogP contribution is -2.29. The van der Waals surface area contributed by atoms with E-state index in [1.54, 1.807) is 0 Å². The van der Waals surface area contributed by atoms with Gasteiger partial charge in [-0.3, -0.25) is 0 Å². The first-order valence-electron chi connectivity index (χ1n) is 7.44. The Balaban J connectivity index is 0.000000191. The van der Waals surface area contributed by atoms with Crippen molar-refractivity contribution in [1.82, 2.24) is 9.80 Å². The van der Waals surface area contributed by atoms with E-state index in [0.29, 0.717) is 0 Å². The summed E-state index contributed by atoms with van der Waals surface area (Å²) in [6.07, 6.45) is 7.20. The van der Waals surface area contributed by atoms with Crippen molar-refractivity contribution in [1.29, 1.82) is 0 Å². The third kappa shape index (κ3) is 7.34. The molecule has 2 heteroatoms. The molecule has 0 atom stereocenters. The highest BCUT2D eigenvalue weighted by Gasteiger charge is 2.13. The van der Waals surface area contributed by atoms with Crippen LogP contribution in [0.4, 0.5) is 0 Å². The summed E-state index contributed by atoms with van der Waals surface area (Å²) in [4.78, 5) is 4.52. The van der Waals surface area contributed by atoms with E-state index >= 15 is 0 Å². The van der Waals surface area contributed by atoms with Crippen LogP contribution in [-0.4, -0.2) is 44.0 Å². The molecule has 0 heterocycles. The van der Waals surface area contributed by atoms with Crippen molar-refractivity contribution in [3.8, 4) is 0 Å². The minimum Gasteiger partial charge on any atom is -0.306 e. The Morgan fingerprint density at radius 3 is 1.89 bits per heavy atom. The van der Waals surface area contributed by atoms with Gasteiger partial charge in [-0.05, 0) is 46.6 Å². The molecule has 1 fully saturated rings. The fraction of sp³-hybridized carbons (Fsp3) is 0.647. The van der Waals surface area contributed by atoms with Gasteiger partial charge >= 0.3 is 0 Å². The largest absolute Gasteiger partial charge is 0.306 e. The van der Waals surface area contributed by atoms with E-state index in [2.05, 4.69) is 62.3 Å². The van der Waals surface area contributed by atoms with E-state index in [4.69, 9.17) is 0 Å². The van der Waals surface area contributed by atoms with Gasteiger partial charge in [0.1, 0.15) is 0 Å². The van der Waals surface area contributed by atoms with Crippen LogP contribution in [0.3, 0.4) is 0 Å². The summed E-state index contributed by atoms with van der Waals surface area (Å²) in [6, 6.07) is 11.3. The first kappa shape index (κ1) is 16.2. The molecular formula is C17H30N2. The minimum atomic E-state index is 0.888. The topological polar surface area (TPSA) is 6.48 Å². The molecule has 0 N–H and O–H groups in total. The third-order valence-corrected chi connectivity index (χ3v) is 3.65. The van der Waals surface area contributed by atoms with Crippen molar-refractivity contribution >= 4 is 0 Å². The van der Waals surface area contributed by atoms with Crippen LogP contribution in [0, 0.1) is 0 Å². The van der Waals surface area contributed by atoms with Gasteiger partial charge in [-0.1, -0.05) is 49.6 Å². The monoisotopic (exact) mass is 262 g/mol. The molecule has 0 amide bonds. The molecule has 2 nitrogen and oxygen atoms in total. The van der Waals surface area contributed by atoms with Gasteiger partial charge < -0.3 is 9.80 Å². The second-order valence-electron chi connectivity index (χ2n) is 5.98. The van der Waals surface area contributed by atoms with E-state index in [1.165, 1.54) is 37.7 Å². The summed E-state index contributed by atoms with van der Waals surface area (Å²) in [7, 11) is 8.53. The highest BCUT2D eigenvalue weighted by atomic mass is 15.1. The lowest BCUT2D eigenvalue weighted by Gasteiger charge is -2.27. The maximum Gasteiger partial charge on any atom is 0.0227 e. The summed E-state index contributed by atoms with van der Waals surface area (Å²) in [5.74, 6) is 0. The van der Waals surface area contributed by atoms with E-state index in [1.807, 2.05) is 6.07 Å². The molecule has 0 radical (unpaired) electrons. The van der Waals surface area contributed by atoms with Crippen molar-refractivity contribution < 1.29 is 0 Å². The second-order valence-corrected chi connectivity index (χ2v) is 5.98. The fourth-order valence-corrected chi connectivity index (χ4v) is 2.55. The molecule has 0 unspecified atom stereocenters. The summed E-state index contributed by atoms with van der Waals surface area (Å²) in [5, 5.41) is 0. The highest BCUT2D eigenvalue weighted by Crippen LogP contribution is 2.20. The predicted molar refractivity (Wildman–Crippen MR) is 84.4 cm³/mol. The standard InChI is InChI=1S/C9H13N.C8H17N/c1-10(2)8-9-6-4-3-5-7-9;1-9(2)8-6-4-3-5-7-8/h3-7H,8H2,1-2H3;8H,3-7H2,1-2H3. The molecule has 0 bridgehead atoms. The van der Waals surface area contributed by atoms with E-state index in [9.17, 15) is 0 Å². The number of hydrogen-bond acceptors (Lipinski definition) is 2. The van der Waals surface area contributed by atoms with Crippen LogP contribution >= 0.6 is 0 Å². The Bertz CT molecular complexity index is 313. The van der Waals surface area contributed by atoms with Crippen molar-refractivity contribution in [3.63, 3.8) is 0 Å². The van der Waals surface area contributed by atoms with Gasteiger partial charge in [-0.25, -0.2) is 0 Å². The van der Waals surface area contributed by atoms with Crippen LogP contribution in [0.2, 0.25) is 0 Å². The van der Waals surface area contributed by atoms with Crippen molar-refractivity contribution in [2.45, 2.75) is 44.7 Å². The summed E-state index contributed by atoms with van der Waals surface area (Å²) < 4.78 is 0. The molecule has 108 valence electrons. The van der Waals surface area contributed by atoms with Crippen LogP contribution in [-0.2, 0) is 6.54 Å². The van der Waals surface area contributed by atoms with Crippen molar-refractivity contribution in [2.75, 3.05) is 28.2 Å². The van der Waals surface area contributed by atoms with Crippen LogP contribution in [0.25, 0.3) is 0 Å². The second kappa shape index (κ2) is 9.11. The Labute approximate surface area is 119 Å². The zero-order valence-corrected chi connectivity index (χ0v) is 13.1. The lowest BCUT2D eigenvalue weighted by atomic mass is 9.95. The van der Waals surface area contributed by atoms with Crippen LogP contribution in [0.5, 0.6) is 0 Å². The number of hydrogen-bond donors (Lipinski definition) is 0. The molecule has 2 rings (SSSR count). The molecule has 19 heavy (non-hydrogen) atoms. The molecule has 0 aromatic heterocycles. The lowest BCUT2D eigenvalue weighted by molar-refractivity contribution is 0.229. The first-order chi connectivity index (χ1) is 9.09.